The molecule has 1 N–H and O–H groups in total. The Morgan fingerprint density at radius 2 is 1.67 bits per heavy atom. The van der Waals surface area contributed by atoms with Crippen molar-refractivity contribution >= 4 is 15.9 Å². The highest BCUT2D eigenvalue weighted by Crippen LogP contribution is 2.23. The molecule has 0 saturated carbocycles. The highest BCUT2D eigenvalue weighted by atomic mass is 32.2. The van der Waals surface area contributed by atoms with Crippen molar-refractivity contribution in [3.05, 3.63) is 58.7 Å². The zero-order chi connectivity index (χ0) is 21.7. The first-order valence-electron chi connectivity index (χ1n) is 10.4. The lowest BCUT2D eigenvalue weighted by molar-refractivity contribution is 0.0946. The largest absolute Gasteiger partial charge is 0.492 e. The second-order valence-corrected chi connectivity index (χ2v) is 9.81. The second kappa shape index (κ2) is 9.62. The molecule has 0 spiro atoms. The van der Waals surface area contributed by atoms with E-state index in [0.717, 1.165) is 41.7 Å². The van der Waals surface area contributed by atoms with Gasteiger partial charge in [-0.3, -0.25) is 4.79 Å². The molecule has 1 saturated heterocycles. The number of ether oxygens (including phenoxy) is 1. The van der Waals surface area contributed by atoms with Crippen LogP contribution in [0.25, 0.3) is 0 Å². The van der Waals surface area contributed by atoms with Crippen LogP contribution in [0, 0.1) is 20.8 Å². The molecule has 0 aliphatic carbocycles. The zero-order valence-corrected chi connectivity index (χ0v) is 18.7. The summed E-state index contributed by atoms with van der Waals surface area (Å²) < 4.78 is 33.1. The fraction of sp³-hybridized carbons (Fsp3) is 0.435. The number of nitrogens with zero attached hydrogens (tertiary/aromatic N) is 1. The molecule has 0 aromatic heterocycles. The highest BCUT2D eigenvalue weighted by Gasteiger charge is 2.27. The average molecular weight is 431 g/mol. The van der Waals surface area contributed by atoms with Gasteiger partial charge in [0, 0.05) is 18.7 Å². The van der Waals surface area contributed by atoms with Crippen LogP contribution < -0.4 is 10.1 Å². The van der Waals surface area contributed by atoms with Gasteiger partial charge in [-0.2, -0.15) is 4.31 Å². The molecule has 0 bridgehead atoms. The van der Waals surface area contributed by atoms with Crippen LogP contribution in [0.5, 0.6) is 5.75 Å². The summed E-state index contributed by atoms with van der Waals surface area (Å²) in [4.78, 5) is 12.8. The van der Waals surface area contributed by atoms with E-state index in [2.05, 4.69) is 11.4 Å². The van der Waals surface area contributed by atoms with Crippen molar-refractivity contribution in [2.45, 2.75) is 44.9 Å². The van der Waals surface area contributed by atoms with Gasteiger partial charge in [-0.15, -0.1) is 0 Å². The normalized spacial score (nSPS) is 15.0. The maximum atomic E-state index is 12.9. The first-order valence-corrected chi connectivity index (χ1v) is 11.8. The molecular formula is C23H30N2O4S. The van der Waals surface area contributed by atoms with Crippen molar-refractivity contribution in [1.29, 1.82) is 0 Å². The smallest absolute Gasteiger partial charge is 0.251 e. The summed E-state index contributed by atoms with van der Waals surface area (Å²) in [6, 6.07) is 10.7. The van der Waals surface area contributed by atoms with Gasteiger partial charge in [0.25, 0.3) is 5.91 Å². The van der Waals surface area contributed by atoms with Crippen LogP contribution in [0.2, 0.25) is 0 Å². The number of aryl methyl sites for hydroxylation is 3. The molecule has 1 amide bonds. The van der Waals surface area contributed by atoms with E-state index in [1.807, 2.05) is 26.0 Å². The number of nitrogens with one attached hydrogen (secondary N) is 1. The van der Waals surface area contributed by atoms with Gasteiger partial charge in [-0.25, -0.2) is 8.42 Å². The number of rotatable bonds is 7. The van der Waals surface area contributed by atoms with Crippen molar-refractivity contribution in [3.63, 3.8) is 0 Å². The van der Waals surface area contributed by atoms with E-state index in [1.54, 1.807) is 19.1 Å². The highest BCUT2D eigenvalue weighted by molar-refractivity contribution is 7.89. The van der Waals surface area contributed by atoms with E-state index in [0.29, 0.717) is 31.8 Å². The molecular weight excluding hydrogens is 400 g/mol. The van der Waals surface area contributed by atoms with Crippen molar-refractivity contribution in [2.24, 2.45) is 0 Å². The van der Waals surface area contributed by atoms with Crippen LogP contribution in [0.4, 0.5) is 0 Å². The summed E-state index contributed by atoms with van der Waals surface area (Å²) >= 11 is 0. The fourth-order valence-corrected chi connectivity index (χ4v) is 5.25. The van der Waals surface area contributed by atoms with Crippen LogP contribution in [-0.4, -0.2) is 44.9 Å². The minimum atomic E-state index is -3.58. The first-order chi connectivity index (χ1) is 14.3. The van der Waals surface area contributed by atoms with Crippen molar-refractivity contribution in [3.8, 4) is 5.75 Å². The van der Waals surface area contributed by atoms with Gasteiger partial charge in [0.15, 0.2) is 0 Å². The molecule has 162 valence electrons. The van der Waals surface area contributed by atoms with Crippen LogP contribution in [-0.2, 0) is 10.0 Å². The Balaban J connectivity index is 1.63. The molecule has 3 rings (SSSR count). The number of amides is 1. The van der Waals surface area contributed by atoms with Crippen LogP contribution in [0.3, 0.4) is 0 Å². The third-order valence-electron chi connectivity index (χ3n) is 5.26. The van der Waals surface area contributed by atoms with Crippen LogP contribution in [0.15, 0.2) is 41.3 Å². The van der Waals surface area contributed by atoms with Gasteiger partial charge in [0.1, 0.15) is 12.4 Å². The Bertz CT molecular complexity index is 992. The maximum Gasteiger partial charge on any atom is 0.251 e. The monoisotopic (exact) mass is 430 g/mol. The SMILES string of the molecule is Cc1cc(C)cc(OCCNC(=O)c2cc(S(=O)(=O)N3CCCCC3)ccc2C)c1. The molecule has 1 heterocycles. The fourth-order valence-electron chi connectivity index (χ4n) is 3.71. The molecule has 2 aromatic rings. The molecule has 1 fully saturated rings. The number of piperidine rings is 1. The van der Waals surface area contributed by atoms with Crippen LogP contribution >= 0.6 is 0 Å². The number of sulfonamides is 1. The Morgan fingerprint density at radius 1 is 1.00 bits per heavy atom. The van der Waals surface area contributed by atoms with E-state index in [1.165, 1.54) is 10.4 Å². The van der Waals surface area contributed by atoms with Crippen molar-refractivity contribution in [1.82, 2.24) is 9.62 Å². The molecule has 1 aliphatic heterocycles. The number of benzene rings is 2. The molecule has 6 nitrogen and oxygen atoms in total. The summed E-state index contributed by atoms with van der Waals surface area (Å²) in [7, 11) is -3.58. The quantitative estimate of drug-likeness (QED) is 0.681. The van der Waals surface area contributed by atoms with Gasteiger partial charge in [-0.05, 0) is 74.6 Å². The lowest BCUT2D eigenvalue weighted by Crippen LogP contribution is -2.36. The number of carbonyl (C=O) groups excluding carboxylic acids is 1. The predicted octanol–water partition coefficient (Wildman–Crippen LogP) is 3.60. The molecule has 0 radical (unpaired) electrons. The van der Waals surface area contributed by atoms with Crippen molar-refractivity contribution < 1.29 is 17.9 Å². The summed E-state index contributed by atoms with van der Waals surface area (Å²) in [6.45, 7) is 7.55. The third kappa shape index (κ3) is 5.40. The van der Waals surface area contributed by atoms with Gasteiger partial charge in [0.2, 0.25) is 10.0 Å². The summed E-state index contributed by atoms with van der Waals surface area (Å²) in [6.07, 6.45) is 2.80. The Hall–Kier alpha value is -2.38. The van der Waals surface area contributed by atoms with E-state index in [9.17, 15) is 13.2 Å². The van der Waals surface area contributed by atoms with Gasteiger partial charge >= 0.3 is 0 Å². The third-order valence-corrected chi connectivity index (χ3v) is 7.15. The molecule has 30 heavy (non-hydrogen) atoms. The van der Waals surface area contributed by atoms with Crippen LogP contribution in [0.1, 0.15) is 46.3 Å². The molecule has 7 heteroatoms. The lowest BCUT2D eigenvalue weighted by Gasteiger charge is -2.26. The maximum absolute atomic E-state index is 12.9. The summed E-state index contributed by atoms with van der Waals surface area (Å²) in [5.74, 6) is 0.472. The van der Waals surface area contributed by atoms with Gasteiger partial charge in [0.05, 0.1) is 11.4 Å². The molecule has 2 aromatic carbocycles. The van der Waals surface area contributed by atoms with Crippen molar-refractivity contribution in [2.75, 3.05) is 26.2 Å². The van der Waals surface area contributed by atoms with Gasteiger partial charge in [-0.1, -0.05) is 18.6 Å². The molecule has 0 atom stereocenters. The van der Waals surface area contributed by atoms with E-state index < -0.39 is 10.0 Å². The standard InChI is InChI=1S/C23H30N2O4S/c1-17-13-18(2)15-20(14-17)29-12-9-24-23(26)22-16-21(8-7-19(22)3)30(27,28)25-10-5-4-6-11-25/h7-8,13-16H,4-6,9-12H2,1-3H3,(H,24,26). The summed E-state index contributed by atoms with van der Waals surface area (Å²) in [5, 5.41) is 2.83. The lowest BCUT2D eigenvalue weighted by atomic mass is 10.1. The Kier molecular flexibility index (Phi) is 7.15. The number of hydrogen-bond acceptors (Lipinski definition) is 4. The predicted molar refractivity (Wildman–Crippen MR) is 118 cm³/mol. The number of carbonyl (C=O) groups is 1. The topological polar surface area (TPSA) is 75.7 Å². The second-order valence-electron chi connectivity index (χ2n) is 7.87. The van der Waals surface area contributed by atoms with E-state index >= 15 is 0 Å². The zero-order valence-electron chi connectivity index (χ0n) is 17.9. The Morgan fingerprint density at radius 3 is 2.33 bits per heavy atom. The first kappa shape index (κ1) is 22.3. The Labute approximate surface area is 179 Å². The summed E-state index contributed by atoms with van der Waals surface area (Å²) in [5.41, 5.74) is 3.35. The van der Waals surface area contributed by atoms with E-state index in [-0.39, 0.29) is 10.8 Å². The molecule has 1 aliphatic rings. The minimum absolute atomic E-state index is 0.173. The number of hydrogen-bond donors (Lipinski definition) is 1. The minimum Gasteiger partial charge on any atom is -0.492 e. The van der Waals surface area contributed by atoms with E-state index in [4.69, 9.17) is 4.74 Å². The van der Waals surface area contributed by atoms with Gasteiger partial charge < -0.3 is 10.1 Å². The molecule has 0 unspecified atom stereocenters. The average Bonchev–Trinajstić information content (AvgIpc) is 2.71.